The average molecular weight is 294 g/mol. The smallest absolute Gasteiger partial charge is 0.326 e. The van der Waals surface area contributed by atoms with E-state index in [1.807, 2.05) is 6.92 Å². The van der Waals surface area contributed by atoms with Gasteiger partial charge in [-0.05, 0) is 18.4 Å². The van der Waals surface area contributed by atoms with Crippen LogP contribution in [0.4, 0.5) is 5.69 Å². The molecule has 0 aliphatic carbocycles. The van der Waals surface area contributed by atoms with E-state index < -0.39 is 22.8 Å². The third kappa shape index (κ3) is 4.01. The molecule has 0 spiro atoms. The van der Waals surface area contributed by atoms with Crippen molar-refractivity contribution in [2.45, 2.75) is 33.2 Å². The lowest BCUT2D eigenvalue weighted by atomic mass is 9.98. The van der Waals surface area contributed by atoms with Gasteiger partial charge in [-0.15, -0.1) is 0 Å². The molecular formula is C14H18N2O5. The number of hydrogen-bond donors (Lipinski definition) is 2. The number of nitro benzene ring substituents is 1. The zero-order valence-corrected chi connectivity index (χ0v) is 12.1. The predicted molar refractivity (Wildman–Crippen MR) is 76.2 cm³/mol. The third-order valence-corrected chi connectivity index (χ3v) is 3.44. The van der Waals surface area contributed by atoms with Crippen LogP contribution in [-0.4, -0.2) is 27.9 Å². The zero-order valence-electron chi connectivity index (χ0n) is 12.1. The highest BCUT2D eigenvalue weighted by molar-refractivity contribution is 5.98. The zero-order chi connectivity index (χ0) is 16.2. The van der Waals surface area contributed by atoms with Crippen LogP contribution in [0, 0.1) is 23.0 Å². The van der Waals surface area contributed by atoms with E-state index in [-0.39, 0.29) is 17.2 Å². The van der Waals surface area contributed by atoms with Gasteiger partial charge in [0.15, 0.2) is 0 Å². The monoisotopic (exact) mass is 294 g/mol. The highest BCUT2D eigenvalue weighted by Crippen LogP contribution is 2.18. The summed E-state index contributed by atoms with van der Waals surface area (Å²) in [6.45, 7) is 5.18. The molecule has 0 unspecified atom stereocenters. The summed E-state index contributed by atoms with van der Waals surface area (Å²) in [5.41, 5.74) is 0.450. The second-order valence-corrected chi connectivity index (χ2v) is 4.93. The Balaban J connectivity index is 3.05. The van der Waals surface area contributed by atoms with Gasteiger partial charge in [0.1, 0.15) is 6.04 Å². The number of carboxylic acids is 1. The van der Waals surface area contributed by atoms with Gasteiger partial charge in [-0.3, -0.25) is 14.9 Å². The highest BCUT2D eigenvalue weighted by atomic mass is 16.6. The normalized spacial score (nSPS) is 13.3. The third-order valence-electron chi connectivity index (χ3n) is 3.44. The van der Waals surface area contributed by atoms with Crippen molar-refractivity contribution in [1.29, 1.82) is 0 Å². The van der Waals surface area contributed by atoms with Gasteiger partial charge in [0, 0.05) is 17.7 Å². The largest absolute Gasteiger partial charge is 0.480 e. The molecule has 1 amide bonds. The lowest BCUT2D eigenvalue weighted by Gasteiger charge is -2.20. The number of carboxylic acid groups (broad SMARTS) is 1. The summed E-state index contributed by atoms with van der Waals surface area (Å²) >= 11 is 0. The lowest BCUT2D eigenvalue weighted by Crippen LogP contribution is -2.45. The van der Waals surface area contributed by atoms with Crippen LogP contribution in [0.5, 0.6) is 0 Å². The number of nitro groups is 1. The van der Waals surface area contributed by atoms with Gasteiger partial charge in [-0.25, -0.2) is 4.79 Å². The van der Waals surface area contributed by atoms with Crippen LogP contribution in [0.3, 0.4) is 0 Å². The summed E-state index contributed by atoms with van der Waals surface area (Å²) in [5, 5.41) is 22.3. The number of rotatable bonds is 6. The maximum Gasteiger partial charge on any atom is 0.326 e. The van der Waals surface area contributed by atoms with E-state index >= 15 is 0 Å². The quantitative estimate of drug-likeness (QED) is 0.617. The van der Waals surface area contributed by atoms with Gasteiger partial charge in [0.25, 0.3) is 11.6 Å². The minimum atomic E-state index is -1.12. The number of aryl methyl sites for hydroxylation is 1. The van der Waals surface area contributed by atoms with Crippen LogP contribution >= 0.6 is 0 Å². The topological polar surface area (TPSA) is 110 Å². The van der Waals surface area contributed by atoms with Gasteiger partial charge < -0.3 is 10.4 Å². The summed E-state index contributed by atoms with van der Waals surface area (Å²) in [7, 11) is 0. The minimum absolute atomic E-state index is 0.110. The Bertz CT molecular complexity index is 570. The predicted octanol–water partition coefficient (Wildman–Crippen LogP) is 2.13. The number of amides is 1. The van der Waals surface area contributed by atoms with Crippen molar-refractivity contribution in [3.63, 3.8) is 0 Å². The Hall–Kier alpha value is -2.44. The molecule has 1 rings (SSSR count). The molecule has 2 N–H and O–H groups in total. The molecule has 1 aromatic rings. The van der Waals surface area contributed by atoms with Crippen molar-refractivity contribution in [2.24, 2.45) is 5.92 Å². The van der Waals surface area contributed by atoms with E-state index in [1.54, 1.807) is 13.8 Å². The van der Waals surface area contributed by atoms with Gasteiger partial charge in [0.05, 0.1) is 4.92 Å². The molecule has 0 heterocycles. The molecule has 2 atom stereocenters. The van der Waals surface area contributed by atoms with Crippen LogP contribution in [0.25, 0.3) is 0 Å². The Morgan fingerprint density at radius 2 is 2.05 bits per heavy atom. The van der Waals surface area contributed by atoms with Crippen molar-refractivity contribution in [3.8, 4) is 0 Å². The molecule has 0 saturated heterocycles. The molecule has 0 aliphatic heterocycles. The molecule has 0 aliphatic rings. The van der Waals surface area contributed by atoms with E-state index in [0.717, 1.165) is 6.07 Å². The number of hydrogen-bond acceptors (Lipinski definition) is 4. The van der Waals surface area contributed by atoms with Gasteiger partial charge >= 0.3 is 5.97 Å². The van der Waals surface area contributed by atoms with Crippen LogP contribution in [0.2, 0.25) is 0 Å². The molecule has 0 fully saturated rings. The molecule has 0 radical (unpaired) electrons. The SMILES string of the molecule is CC[C@H](C)[C@H](NC(=O)c1cc([N+](=O)[O-])ccc1C)C(=O)O. The van der Waals surface area contributed by atoms with Crippen LogP contribution in [0.1, 0.15) is 36.2 Å². The Labute approximate surface area is 122 Å². The second-order valence-electron chi connectivity index (χ2n) is 4.93. The second kappa shape index (κ2) is 6.83. The average Bonchev–Trinajstić information content (AvgIpc) is 2.43. The lowest BCUT2D eigenvalue weighted by molar-refractivity contribution is -0.384. The molecule has 7 nitrogen and oxygen atoms in total. The first-order valence-corrected chi connectivity index (χ1v) is 6.56. The van der Waals surface area contributed by atoms with Gasteiger partial charge in [0.2, 0.25) is 0 Å². The number of carbonyl (C=O) groups is 2. The molecule has 7 heteroatoms. The highest BCUT2D eigenvalue weighted by Gasteiger charge is 2.26. The fourth-order valence-electron chi connectivity index (χ4n) is 1.87. The number of nitrogens with zero attached hydrogens (tertiary/aromatic N) is 1. The number of nitrogens with one attached hydrogen (secondary N) is 1. The van der Waals surface area contributed by atoms with Crippen LogP contribution in [-0.2, 0) is 4.79 Å². The van der Waals surface area contributed by atoms with E-state index in [1.165, 1.54) is 12.1 Å². The maximum atomic E-state index is 12.2. The summed E-state index contributed by atoms with van der Waals surface area (Å²) in [4.78, 5) is 33.5. The fraction of sp³-hybridized carbons (Fsp3) is 0.429. The molecule has 0 saturated carbocycles. The Morgan fingerprint density at radius 1 is 1.43 bits per heavy atom. The van der Waals surface area contributed by atoms with Crippen molar-refractivity contribution >= 4 is 17.6 Å². The van der Waals surface area contributed by atoms with E-state index in [0.29, 0.717) is 12.0 Å². The maximum absolute atomic E-state index is 12.2. The number of benzene rings is 1. The molecule has 21 heavy (non-hydrogen) atoms. The minimum Gasteiger partial charge on any atom is -0.480 e. The molecule has 114 valence electrons. The molecule has 0 aromatic heterocycles. The standard InChI is InChI=1S/C14H18N2O5/c1-4-8(2)12(14(18)19)15-13(17)11-7-10(16(20)21)6-5-9(11)3/h5-8,12H,4H2,1-3H3,(H,15,17)(H,18,19)/t8-,12-/m0/s1. The molecule has 1 aromatic carbocycles. The fourth-order valence-corrected chi connectivity index (χ4v) is 1.87. The Morgan fingerprint density at radius 3 is 2.52 bits per heavy atom. The number of carbonyl (C=O) groups excluding carboxylic acids is 1. The van der Waals surface area contributed by atoms with Crippen molar-refractivity contribution in [2.75, 3.05) is 0 Å². The van der Waals surface area contributed by atoms with Gasteiger partial charge in [-0.1, -0.05) is 26.3 Å². The first-order chi connectivity index (χ1) is 9.77. The summed E-state index contributed by atoms with van der Waals surface area (Å²) in [6, 6.07) is 2.89. The first-order valence-electron chi connectivity index (χ1n) is 6.56. The molecular weight excluding hydrogens is 276 g/mol. The number of aliphatic carboxylic acids is 1. The van der Waals surface area contributed by atoms with E-state index in [4.69, 9.17) is 5.11 Å². The van der Waals surface area contributed by atoms with E-state index in [2.05, 4.69) is 5.32 Å². The Kier molecular flexibility index (Phi) is 5.40. The van der Waals surface area contributed by atoms with Crippen molar-refractivity contribution in [3.05, 3.63) is 39.4 Å². The summed E-state index contributed by atoms with van der Waals surface area (Å²) < 4.78 is 0. The first kappa shape index (κ1) is 16.6. The van der Waals surface area contributed by atoms with Crippen molar-refractivity contribution < 1.29 is 19.6 Å². The molecule has 0 bridgehead atoms. The van der Waals surface area contributed by atoms with E-state index in [9.17, 15) is 19.7 Å². The van der Waals surface area contributed by atoms with Crippen LogP contribution in [0.15, 0.2) is 18.2 Å². The van der Waals surface area contributed by atoms with Crippen LogP contribution < -0.4 is 5.32 Å². The van der Waals surface area contributed by atoms with Gasteiger partial charge in [-0.2, -0.15) is 0 Å². The number of non-ortho nitro benzene ring substituents is 1. The van der Waals surface area contributed by atoms with Crippen molar-refractivity contribution in [1.82, 2.24) is 5.32 Å². The summed E-state index contributed by atoms with van der Waals surface area (Å²) in [6.07, 6.45) is 0.588. The summed E-state index contributed by atoms with van der Waals surface area (Å²) in [5.74, 6) is -1.99.